The third kappa shape index (κ3) is 1.95. The highest BCUT2D eigenvalue weighted by atomic mass is 16.5. The summed E-state index contributed by atoms with van der Waals surface area (Å²) in [6.45, 7) is 0. The van der Waals surface area contributed by atoms with Crippen LogP contribution in [0.4, 0.5) is 0 Å². The molecule has 5 heteroatoms. The number of benzene rings is 2. The zero-order valence-electron chi connectivity index (χ0n) is 11.7. The number of ketones is 2. The molecule has 0 radical (unpaired) electrons. The number of aliphatic hydroxyl groups excluding tert-OH is 1. The molecular formula is C17H12O5. The molecule has 110 valence electrons. The molecule has 0 atom stereocenters. The molecule has 0 bridgehead atoms. The molecule has 0 saturated carbocycles. The number of methoxy groups -OCH3 is 1. The maximum atomic E-state index is 12.3. The van der Waals surface area contributed by atoms with Gasteiger partial charge in [-0.2, -0.15) is 0 Å². The summed E-state index contributed by atoms with van der Waals surface area (Å²) < 4.78 is 5.04. The first-order valence-corrected chi connectivity index (χ1v) is 6.53. The quantitative estimate of drug-likeness (QED) is 0.832. The summed E-state index contributed by atoms with van der Waals surface area (Å²) in [5.41, 5.74) is 0.314. The summed E-state index contributed by atoms with van der Waals surface area (Å²) in [5.74, 6) is -1.73. The Labute approximate surface area is 126 Å². The number of ether oxygens (including phenoxy) is 1. The lowest BCUT2D eigenvalue weighted by Gasteiger charge is -2.18. The van der Waals surface area contributed by atoms with Crippen LogP contribution in [0.25, 0.3) is 11.3 Å². The SMILES string of the molecule is COc1ccc(C2=C(O)c3cccc(O)c3C(=O)C2=O)cc1. The molecule has 1 aliphatic rings. The molecule has 0 saturated heterocycles. The molecule has 1 aliphatic carbocycles. The van der Waals surface area contributed by atoms with Crippen molar-refractivity contribution in [3.05, 3.63) is 59.2 Å². The fraction of sp³-hybridized carbons (Fsp3) is 0.0588. The van der Waals surface area contributed by atoms with Gasteiger partial charge in [0.15, 0.2) is 0 Å². The van der Waals surface area contributed by atoms with Crippen molar-refractivity contribution in [2.75, 3.05) is 7.11 Å². The largest absolute Gasteiger partial charge is 0.507 e. The first-order valence-electron chi connectivity index (χ1n) is 6.53. The molecule has 0 heterocycles. The number of rotatable bonds is 2. The molecule has 0 aliphatic heterocycles. The Hall–Kier alpha value is -3.08. The van der Waals surface area contributed by atoms with Gasteiger partial charge in [0.1, 0.15) is 17.3 Å². The molecule has 22 heavy (non-hydrogen) atoms. The molecule has 2 N–H and O–H groups in total. The van der Waals surface area contributed by atoms with Crippen molar-refractivity contribution in [2.24, 2.45) is 0 Å². The van der Waals surface area contributed by atoms with Crippen molar-refractivity contribution in [1.82, 2.24) is 0 Å². The highest BCUT2D eigenvalue weighted by Crippen LogP contribution is 2.37. The van der Waals surface area contributed by atoms with Gasteiger partial charge in [-0.25, -0.2) is 0 Å². The number of hydrogen-bond acceptors (Lipinski definition) is 5. The number of carbonyl (C=O) groups is 2. The van der Waals surface area contributed by atoms with Gasteiger partial charge in [-0.15, -0.1) is 0 Å². The first-order chi connectivity index (χ1) is 10.5. The lowest BCUT2D eigenvalue weighted by atomic mass is 9.85. The zero-order valence-corrected chi connectivity index (χ0v) is 11.7. The number of hydrogen-bond donors (Lipinski definition) is 2. The van der Waals surface area contributed by atoms with Crippen LogP contribution in [-0.2, 0) is 4.79 Å². The molecule has 3 rings (SSSR count). The summed E-state index contributed by atoms with van der Waals surface area (Å²) in [6, 6.07) is 10.7. The third-order valence-corrected chi connectivity index (χ3v) is 3.57. The number of aliphatic hydroxyl groups is 1. The summed E-state index contributed by atoms with van der Waals surface area (Å²) in [6.07, 6.45) is 0. The van der Waals surface area contributed by atoms with E-state index in [1.165, 1.54) is 25.3 Å². The standard InChI is InChI=1S/C17H12O5/c1-22-10-7-5-9(6-8-10)13-15(19)11-3-2-4-12(18)14(11)17(21)16(13)20/h2-8,18-19H,1H3. The highest BCUT2D eigenvalue weighted by molar-refractivity contribution is 6.62. The Balaban J connectivity index is 2.23. The predicted octanol–water partition coefficient (Wildman–Crippen LogP) is 2.59. The van der Waals surface area contributed by atoms with Crippen molar-refractivity contribution in [3.8, 4) is 11.5 Å². The van der Waals surface area contributed by atoms with Crippen LogP contribution in [-0.4, -0.2) is 28.9 Å². The smallest absolute Gasteiger partial charge is 0.238 e. The average molecular weight is 296 g/mol. The Morgan fingerprint density at radius 1 is 0.909 bits per heavy atom. The normalized spacial score (nSPS) is 14.0. The van der Waals surface area contributed by atoms with Crippen molar-refractivity contribution in [1.29, 1.82) is 0 Å². The molecule has 0 spiro atoms. The van der Waals surface area contributed by atoms with Crippen LogP contribution in [0.2, 0.25) is 0 Å². The van der Waals surface area contributed by atoms with Crippen LogP contribution in [0.3, 0.4) is 0 Å². The number of carbonyl (C=O) groups excluding carboxylic acids is 2. The van der Waals surface area contributed by atoms with E-state index in [2.05, 4.69) is 0 Å². The number of aromatic hydroxyl groups is 1. The van der Waals surface area contributed by atoms with E-state index >= 15 is 0 Å². The summed E-state index contributed by atoms with van der Waals surface area (Å²) in [4.78, 5) is 24.5. The Morgan fingerprint density at radius 2 is 1.59 bits per heavy atom. The maximum absolute atomic E-state index is 12.3. The molecule has 0 fully saturated rings. The lowest BCUT2D eigenvalue weighted by Crippen LogP contribution is -2.23. The molecule has 0 unspecified atom stereocenters. The van der Waals surface area contributed by atoms with Crippen molar-refractivity contribution < 1.29 is 24.5 Å². The Kier molecular flexibility index (Phi) is 3.18. The van der Waals surface area contributed by atoms with E-state index in [0.29, 0.717) is 11.3 Å². The van der Waals surface area contributed by atoms with E-state index in [1.807, 2.05) is 0 Å². The van der Waals surface area contributed by atoms with Gasteiger partial charge in [-0.05, 0) is 23.8 Å². The number of phenolic OH excluding ortho intramolecular Hbond substituents is 1. The van der Waals surface area contributed by atoms with Gasteiger partial charge in [-0.3, -0.25) is 9.59 Å². The minimum Gasteiger partial charge on any atom is -0.507 e. The fourth-order valence-electron chi connectivity index (χ4n) is 2.47. The highest BCUT2D eigenvalue weighted by Gasteiger charge is 2.35. The Morgan fingerprint density at radius 3 is 2.23 bits per heavy atom. The van der Waals surface area contributed by atoms with E-state index in [-0.39, 0.29) is 28.2 Å². The fourth-order valence-corrected chi connectivity index (χ4v) is 2.47. The number of allylic oxidation sites excluding steroid dienone is 1. The molecule has 2 aromatic carbocycles. The van der Waals surface area contributed by atoms with Gasteiger partial charge >= 0.3 is 0 Å². The minimum atomic E-state index is -0.850. The number of Topliss-reactive ketones (excluding diaryl/α,β-unsaturated/α-hetero) is 2. The number of phenols is 1. The summed E-state index contributed by atoms with van der Waals surface area (Å²) in [7, 11) is 1.51. The van der Waals surface area contributed by atoms with Crippen molar-refractivity contribution in [2.45, 2.75) is 0 Å². The molecule has 0 aromatic heterocycles. The van der Waals surface area contributed by atoms with Gasteiger partial charge in [0.05, 0.1) is 18.2 Å². The van der Waals surface area contributed by atoms with E-state index in [4.69, 9.17) is 4.74 Å². The van der Waals surface area contributed by atoms with Crippen molar-refractivity contribution >= 4 is 22.9 Å². The predicted molar refractivity (Wildman–Crippen MR) is 79.9 cm³/mol. The monoisotopic (exact) mass is 296 g/mol. The van der Waals surface area contributed by atoms with Crippen LogP contribution in [0, 0.1) is 0 Å². The summed E-state index contributed by atoms with van der Waals surface area (Å²) >= 11 is 0. The second-order valence-corrected chi connectivity index (χ2v) is 4.81. The molecule has 5 nitrogen and oxygen atoms in total. The second kappa shape index (κ2) is 5.04. The number of fused-ring (bicyclic) bond motifs is 1. The van der Waals surface area contributed by atoms with E-state index in [0.717, 1.165) is 0 Å². The van der Waals surface area contributed by atoms with Gasteiger partial charge in [0, 0.05) is 5.56 Å². The van der Waals surface area contributed by atoms with Crippen LogP contribution in [0.5, 0.6) is 11.5 Å². The van der Waals surface area contributed by atoms with Crippen LogP contribution >= 0.6 is 0 Å². The molecule has 2 aromatic rings. The van der Waals surface area contributed by atoms with Gasteiger partial charge in [0.25, 0.3) is 0 Å². The van der Waals surface area contributed by atoms with E-state index < -0.39 is 11.6 Å². The zero-order chi connectivity index (χ0) is 15.9. The van der Waals surface area contributed by atoms with Crippen LogP contribution in [0.1, 0.15) is 21.5 Å². The van der Waals surface area contributed by atoms with E-state index in [1.54, 1.807) is 24.3 Å². The van der Waals surface area contributed by atoms with Crippen LogP contribution < -0.4 is 4.74 Å². The topological polar surface area (TPSA) is 83.8 Å². The minimum absolute atomic E-state index is 0.0780. The van der Waals surface area contributed by atoms with Crippen molar-refractivity contribution in [3.63, 3.8) is 0 Å². The average Bonchev–Trinajstić information content (AvgIpc) is 2.53. The van der Waals surface area contributed by atoms with Gasteiger partial charge in [-0.1, -0.05) is 24.3 Å². The Bertz CT molecular complexity index is 815. The lowest BCUT2D eigenvalue weighted by molar-refractivity contribution is -0.110. The van der Waals surface area contributed by atoms with Gasteiger partial charge in [0.2, 0.25) is 11.6 Å². The third-order valence-electron chi connectivity index (χ3n) is 3.57. The van der Waals surface area contributed by atoms with E-state index in [9.17, 15) is 19.8 Å². The maximum Gasteiger partial charge on any atom is 0.238 e. The summed E-state index contributed by atoms with van der Waals surface area (Å²) in [5, 5.41) is 20.1. The van der Waals surface area contributed by atoms with Crippen LogP contribution in [0.15, 0.2) is 42.5 Å². The molecule has 0 amide bonds. The van der Waals surface area contributed by atoms with Gasteiger partial charge < -0.3 is 14.9 Å². The first kappa shape index (κ1) is 13.9. The molecular weight excluding hydrogens is 284 g/mol. The second-order valence-electron chi connectivity index (χ2n) is 4.81.